The van der Waals surface area contributed by atoms with E-state index >= 15 is 0 Å². The van der Waals surface area contributed by atoms with Crippen molar-refractivity contribution < 1.29 is 14.0 Å². The number of urea groups is 1. The number of carbonyl (C=O) groups excluding carboxylic acids is 2. The average Bonchev–Trinajstić information content (AvgIpc) is 3.27. The molecule has 3 amide bonds. The fourth-order valence-corrected chi connectivity index (χ4v) is 5.22. The van der Waals surface area contributed by atoms with Gasteiger partial charge in [-0.1, -0.05) is 6.07 Å². The first-order valence-electron chi connectivity index (χ1n) is 9.98. The molecule has 9 nitrogen and oxygen atoms in total. The van der Waals surface area contributed by atoms with Gasteiger partial charge < -0.3 is 27.0 Å². The molecule has 0 radical (unpaired) electrons. The van der Waals surface area contributed by atoms with Gasteiger partial charge in [0.15, 0.2) is 11.6 Å². The van der Waals surface area contributed by atoms with E-state index in [0.717, 1.165) is 19.0 Å². The highest BCUT2D eigenvalue weighted by Crippen LogP contribution is 2.52. The van der Waals surface area contributed by atoms with Crippen LogP contribution in [-0.4, -0.2) is 34.5 Å². The average molecular weight is 411 g/mol. The lowest BCUT2D eigenvalue weighted by Gasteiger charge is -2.35. The highest BCUT2D eigenvalue weighted by molar-refractivity contribution is 5.90. The monoisotopic (exact) mass is 411 g/mol. The minimum atomic E-state index is -0.601. The van der Waals surface area contributed by atoms with Gasteiger partial charge in [-0.25, -0.2) is 14.2 Å². The molecule has 156 valence electrons. The van der Waals surface area contributed by atoms with E-state index in [9.17, 15) is 14.0 Å². The van der Waals surface area contributed by atoms with Crippen LogP contribution < -0.4 is 27.0 Å². The van der Waals surface area contributed by atoms with Gasteiger partial charge in [0.05, 0.1) is 12.1 Å². The summed E-state index contributed by atoms with van der Waals surface area (Å²) in [4.78, 5) is 32.8. The molecule has 0 saturated heterocycles. The predicted octanol–water partition coefficient (Wildman–Crippen LogP) is 2.03. The topological polar surface area (TPSA) is 134 Å². The van der Waals surface area contributed by atoms with Gasteiger partial charge in [0.1, 0.15) is 0 Å². The number of halogens is 1. The van der Waals surface area contributed by atoms with Crippen molar-refractivity contribution in [3.63, 3.8) is 0 Å². The van der Waals surface area contributed by atoms with Crippen LogP contribution in [0.4, 0.5) is 32.3 Å². The van der Waals surface area contributed by atoms with Crippen LogP contribution in [0.2, 0.25) is 0 Å². The molecule has 5 atom stereocenters. The Bertz CT molecular complexity index is 1020. The number of carbonyl (C=O) groups is 2. The summed E-state index contributed by atoms with van der Waals surface area (Å²) in [6, 6.07) is 6.41. The third-order valence-corrected chi connectivity index (χ3v) is 6.42. The van der Waals surface area contributed by atoms with Crippen LogP contribution in [-0.2, 0) is 4.79 Å². The summed E-state index contributed by atoms with van der Waals surface area (Å²) in [7, 11) is 0. The van der Waals surface area contributed by atoms with E-state index in [0.29, 0.717) is 17.9 Å². The number of fused-ring (bicyclic) bond motifs is 5. The molecule has 6 N–H and O–H groups in total. The molecule has 2 fully saturated rings. The van der Waals surface area contributed by atoms with E-state index in [1.807, 2.05) is 0 Å². The minimum absolute atomic E-state index is 0.0308. The quantitative estimate of drug-likeness (QED) is 0.487. The molecule has 1 aromatic heterocycles. The molecule has 0 spiro atoms. The zero-order valence-electron chi connectivity index (χ0n) is 16.1. The number of rotatable bonds is 1. The third-order valence-electron chi connectivity index (χ3n) is 6.42. The lowest BCUT2D eigenvalue weighted by atomic mass is 9.77. The zero-order chi connectivity index (χ0) is 20.8. The maximum Gasteiger partial charge on any atom is 0.319 e. The molecule has 1 aliphatic heterocycles. The number of hydrogen-bond acceptors (Lipinski definition) is 6. The van der Waals surface area contributed by atoms with E-state index in [1.54, 1.807) is 24.3 Å². The van der Waals surface area contributed by atoms with Crippen molar-refractivity contribution in [1.29, 1.82) is 0 Å². The summed E-state index contributed by atoms with van der Waals surface area (Å²) in [5.41, 5.74) is 6.92. The van der Waals surface area contributed by atoms with Crippen LogP contribution in [0.5, 0.6) is 0 Å². The molecule has 1 aromatic carbocycles. The summed E-state index contributed by atoms with van der Waals surface area (Å²) in [6.45, 7) is 0.464. The van der Waals surface area contributed by atoms with Gasteiger partial charge in [0, 0.05) is 24.0 Å². The minimum Gasteiger partial charge on any atom is -0.369 e. The van der Waals surface area contributed by atoms with Gasteiger partial charge in [-0.15, -0.1) is 0 Å². The van der Waals surface area contributed by atoms with Crippen LogP contribution >= 0.6 is 0 Å². The Morgan fingerprint density at radius 1 is 1.17 bits per heavy atom. The molecule has 6 bridgehead atoms. The molecule has 30 heavy (non-hydrogen) atoms. The zero-order valence-corrected chi connectivity index (χ0v) is 16.1. The Labute approximate surface area is 172 Å². The molecule has 3 aliphatic rings. The highest BCUT2D eigenvalue weighted by atomic mass is 19.1. The second kappa shape index (κ2) is 7.12. The van der Waals surface area contributed by atoms with Gasteiger partial charge in [-0.2, -0.15) is 4.98 Å². The maximum atomic E-state index is 14.5. The number of aromatic nitrogens is 2. The maximum absolute atomic E-state index is 14.5. The van der Waals surface area contributed by atoms with Crippen molar-refractivity contribution in [1.82, 2.24) is 15.3 Å². The number of amides is 3. The van der Waals surface area contributed by atoms with Gasteiger partial charge in [0.2, 0.25) is 11.9 Å². The van der Waals surface area contributed by atoms with Crippen molar-refractivity contribution in [2.24, 2.45) is 29.4 Å². The second-order valence-electron chi connectivity index (χ2n) is 8.18. The number of nitrogens with zero attached hydrogens (tertiary/aromatic N) is 2. The van der Waals surface area contributed by atoms with Gasteiger partial charge in [0.25, 0.3) is 0 Å². The number of nitrogens with one attached hydrogen (secondary N) is 4. The molecule has 5 rings (SSSR count). The fourth-order valence-electron chi connectivity index (χ4n) is 5.22. The van der Waals surface area contributed by atoms with E-state index in [1.165, 1.54) is 0 Å². The Balaban J connectivity index is 1.53. The molecule has 2 saturated carbocycles. The lowest BCUT2D eigenvalue weighted by Crippen LogP contribution is -2.47. The van der Waals surface area contributed by atoms with Crippen LogP contribution in [0, 0.1) is 29.5 Å². The number of primary amides is 1. The Hall–Kier alpha value is -3.43. The van der Waals surface area contributed by atoms with Crippen molar-refractivity contribution in [3.8, 4) is 0 Å². The predicted molar refractivity (Wildman–Crippen MR) is 109 cm³/mol. The van der Waals surface area contributed by atoms with Crippen LogP contribution in [0.15, 0.2) is 30.5 Å². The van der Waals surface area contributed by atoms with E-state index in [4.69, 9.17) is 5.73 Å². The molecule has 2 aromatic rings. The first-order valence-corrected chi connectivity index (χ1v) is 9.98. The first kappa shape index (κ1) is 18.6. The molecule has 5 unspecified atom stereocenters. The molecular weight excluding hydrogens is 389 g/mol. The van der Waals surface area contributed by atoms with E-state index in [-0.39, 0.29) is 41.6 Å². The van der Waals surface area contributed by atoms with Crippen molar-refractivity contribution >= 4 is 35.1 Å². The van der Waals surface area contributed by atoms with Crippen LogP contribution in [0.3, 0.4) is 0 Å². The van der Waals surface area contributed by atoms with Gasteiger partial charge in [-0.3, -0.25) is 4.79 Å². The molecule has 2 heterocycles. The standard InChI is InChI=1S/C20H22FN7O2/c21-14-8-23-19-25-11-2-1-3-12(6-11)26-20(30)24-7-10-4-9-5-13(10)16(15(9)17(22)29)27-18(14)28-19/h1-3,6,8-10,13,15-16H,4-5,7H2,(H2,22,29)(H2,24,26,30)(H2,23,25,27,28). The summed E-state index contributed by atoms with van der Waals surface area (Å²) in [5, 5.41) is 11.9. The largest absolute Gasteiger partial charge is 0.369 e. The highest BCUT2D eigenvalue weighted by Gasteiger charge is 2.54. The number of benzene rings is 1. The summed E-state index contributed by atoms with van der Waals surface area (Å²) < 4.78 is 14.5. The Kier molecular flexibility index (Phi) is 4.41. The SMILES string of the molecule is NC(=O)C1C2CC3CNC(=O)Nc4cccc(c4)Nc4ncc(F)c(n4)NC1C3C2. The van der Waals surface area contributed by atoms with E-state index < -0.39 is 17.6 Å². The Morgan fingerprint density at radius 2 is 1.97 bits per heavy atom. The van der Waals surface area contributed by atoms with Crippen molar-refractivity contribution in [2.45, 2.75) is 18.9 Å². The first-order chi connectivity index (χ1) is 14.5. The number of hydrogen-bond donors (Lipinski definition) is 5. The van der Waals surface area contributed by atoms with Gasteiger partial charge >= 0.3 is 6.03 Å². The van der Waals surface area contributed by atoms with Crippen LogP contribution in [0.25, 0.3) is 0 Å². The lowest BCUT2D eigenvalue weighted by molar-refractivity contribution is -0.123. The number of nitrogens with two attached hydrogens (primary N) is 1. The van der Waals surface area contributed by atoms with Gasteiger partial charge in [-0.05, 0) is 48.8 Å². The number of anilines is 4. The summed E-state index contributed by atoms with van der Waals surface area (Å²) >= 11 is 0. The molecule has 2 aliphatic carbocycles. The van der Waals surface area contributed by atoms with Crippen molar-refractivity contribution in [2.75, 3.05) is 22.5 Å². The Morgan fingerprint density at radius 3 is 2.77 bits per heavy atom. The van der Waals surface area contributed by atoms with E-state index in [2.05, 4.69) is 31.2 Å². The second-order valence-corrected chi connectivity index (χ2v) is 8.18. The van der Waals surface area contributed by atoms with Crippen molar-refractivity contribution in [3.05, 3.63) is 36.3 Å². The smallest absolute Gasteiger partial charge is 0.319 e. The third kappa shape index (κ3) is 3.27. The summed E-state index contributed by atoms with van der Waals surface area (Å²) in [5.74, 6) is -0.835. The fraction of sp³-hybridized carbons (Fsp3) is 0.400. The molecule has 10 heteroatoms. The molecular formula is C20H22FN7O2. The normalized spacial score (nSPS) is 29.5. The van der Waals surface area contributed by atoms with Crippen LogP contribution in [0.1, 0.15) is 12.8 Å². The summed E-state index contributed by atoms with van der Waals surface area (Å²) in [6.07, 6.45) is 2.69.